The van der Waals surface area contributed by atoms with Gasteiger partial charge in [0.15, 0.2) is 0 Å². The summed E-state index contributed by atoms with van der Waals surface area (Å²) in [4.78, 5) is 14.6. The summed E-state index contributed by atoms with van der Waals surface area (Å²) in [5.74, 6) is -0.114. The zero-order valence-electron chi connectivity index (χ0n) is 14.9. The van der Waals surface area contributed by atoms with Gasteiger partial charge in [-0.25, -0.2) is 0 Å². The Labute approximate surface area is 149 Å². The lowest BCUT2D eigenvalue weighted by Gasteiger charge is -2.28. The molecule has 25 heavy (non-hydrogen) atoms. The van der Waals surface area contributed by atoms with E-state index in [1.807, 2.05) is 44.4 Å². The first kappa shape index (κ1) is 17.5. The zero-order chi connectivity index (χ0) is 17.8. The van der Waals surface area contributed by atoms with Gasteiger partial charge in [-0.1, -0.05) is 37.1 Å². The molecule has 2 aromatic carbocycles. The number of hydrogen-bond acceptors (Lipinski definition) is 3. The van der Waals surface area contributed by atoms with Crippen LogP contribution in [0.25, 0.3) is 11.1 Å². The van der Waals surface area contributed by atoms with E-state index in [1.54, 1.807) is 0 Å². The first-order valence-corrected chi connectivity index (χ1v) is 8.91. The maximum Gasteiger partial charge on any atom is 0.251 e. The average molecular weight is 338 g/mol. The van der Waals surface area contributed by atoms with E-state index < -0.39 is 6.10 Å². The summed E-state index contributed by atoms with van der Waals surface area (Å²) in [6.45, 7) is 0. The number of hydrogen-bond donors (Lipinski definition) is 2. The molecule has 1 saturated carbocycles. The predicted octanol–water partition coefficient (Wildman–Crippen LogP) is 3.45. The SMILES string of the molecule is CN(C)c1cccc(-c2cccc(C(=O)N[C@H]3CCCC[C@@H]3O)c2)c1. The topological polar surface area (TPSA) is 52.6 Å². The second-order valence-electron chi connectivity index (χ2n) is 6.96. The Kier molecular flexibility index (Phi) is 5.39. The molecule has 132 valence electrons. The van der Waals surface area contributed by atoms with Crippen LogP contribution >= 0.6 is 0 Å². The number of nitrogens with one attached hydrogen (secondary N) is 1. The van der Waals surface area contributed by atoms with Crippen LogP contribution < -0.4 is 10.2 Å². The molecular weight excluding hydrogens is 312 g/mol. The Morgan fingerprint density at radius 2 is 1.72 bits per heavy atom. The summed E-state index contributed by atoms with van der Waals surface area (Å²) in [5, 5.41) is 13.1. The van der Waals surface area contributed by atoms with Crippen molar-refractivity contribution in [1.82, 2.24) is 5.32 Å². The number of aliphatic hydroxyl groups excluding tert-OH is 1. The number of amides is 1. The molecule has 4 heteroatoms. The fourth-order valence-electron chi connectivity index (χ4n) is 3.34. The molecule has 4 nitrogen and oxygen atoms in total. The number of rotatable bonds is 4. The van der Waals surface area contributed by atoms with Gasteiger partial charge in [0.25, 0.3) is 5.91 Å². The molecule has 2 N–H and O–H groups in total. The van der Waals surface area contributed by atoms with Crippen LogP contribution in [0.1, 0.15) is 36.0 Å². The summed E-state index contributed by atoms with van der Waals surface area (Å²) in [7, 11) is 4.02. The van der Waals surface area contributed by atoms with E-state index in [1.165, 1.54) is 0 Å². The van der Waals surface area contributed by atoms with Crippen LogP contribution in [0.3, 0.4) is 0 Å². The van der Waals surface area contributed by atoms with Gasteiger partial charge in [0.2, 0.25) is 0 Å². The molecule has 1 fully saturated rings. The summed E-state index contributed by atoms with van der Waals surface area (Å²) in [5.41, 5.74) is 3.85. The highest BCUT2D eigenvalue weighted by molar-refractivity contribution is 5.95. The minimum atomic E-state index is -0.433. The number of nitrogens with zero attached hydrogens (tertiary/aromatic N) is 1. The molecule has 0 heterocycles. The normalized spacial score (nSPS) is 20.1. The van der Waals surface area contributed by atoms with E-state index >= 15 is 0 Å². The average Bonchev–Trinajstić information content (AvgIpc) is 2.64. The Hall–Kier alpha value is -2.33. The molecule has 2 aromatic rings. The maximum absolute atomic E-state index is 12.6. The molecule has 2 atom stereocenters. The van der Waals surface area contributed by atoms with Gasteiger partial charge in [0.1, 0.15) is 0 Å². The van der Waals surface area contributed by atoms with Crippen LogP contribution in [0.2, 0.25) is 0 Å². The van der Waals surface area contributed by atoms with Gasteiger partial charge in [0.05, 0.1) is 12.1 Å². The summed E-state index contributed by atoms with van der Waals surface area (Å²) >= 11 is 0. The largest absolute Gasteiger partial charge is 0.391 e. The molecule has 1 aliphatic rings. The van der Waals surface area contributed by atoms with Gasteiger partial charge >= 0.3 is 0 Å². The van der Waals surface area contributed by atoms with Gasteiger partial charge in [-0.15, -0.1) is 0 Å². The van der Waals surface area contributed by atoms with Crippen molar-refractivity contribution in [2.24, 2.45) is 0 Å². The van der Waals surface area contributed by atoms with E-state index in [0.717, 1.165) is 42.5 Å². The lowest BCUT2D eigenvalue weighted by molar-refractivity contribution is 0.0717. The Balaban J connectivity index is 1.79. The third-order valence-corrected chi connectivity index (χ3v) is 4.87. The molecule has 3 rings (SSSR count). The van der Waals surface area contributed by atoms with Gasteiger partial charge in [-0.05, 0) is 48.2 Å². The third kappa shape index (κ3) is 4.20. The highest BCUT2D eigenvalue weighted by Gasteiger charge is 2.24. The van der Waals surface area contributed by atoms with Crippen molar-refractivity contribution in [2.45, 2.75) is 37.8 Å². The molecule has 0 radical (unpaired) electrons. The first-order valence-electron chi connectivity index (χ1n) is 8.91. The summed E-state index contributed by atoms with van der Waals surface area (Å²) in [6.07, 6.45) is 3.27. The second-order valence-corrected chi connectivity index (χ2v) is 6.96. The van der Waals surface area contributed by atoms with Gasteiger partial charge < -0.3 is 15.3 Å². The molecule has 0 saturated heterocycles. The molecule has 0 aliphatic heterocycles. The van der Waals surface area contributed by atoms with Crippen LogP contribution in [-0.2, 0) is 0 Å². The van der Waals surface area contributed by atoms with E-state index in [0.29, 0.717) is 5.56 Å². The van der Waals surface area contributed by atoms with Crippen molar-refractivity contribution in [1.29, 1.82) is 0 Å². The van der Waals surface area contributed by atoms with E-state index in [9.17, 15) is 9.90 Å². The highest BCUT2D eigenvalue weighted by atomic mass is 16.3. The fraction of sp³-hybridized carbons (Fsp3) is 0.381. The third-order valence-electron chi connectivity index (χ3n) is 4.87. The van der Waals surface area contributed by atoms with E-state index in [-0.39, 0.29) is 11.9 Å². The number of benzene rings is 2. The number of carbonyl (C=O) groups excluding carboxylic acids is 1. The smallest absolute Gasteiger partial charge is 0.251 e. The van der Waals surface area contributed by atoms with Crippen molar-refractivity contribution in [3.05, 3.63) is 54.1 Å². The van der Waals surface area contributed by atoms with E-state index in [2.05, 4.69) is 28.4 Å². The molecule has 1 amide bonds. The Morgan fingerprint density at radius 3 is 2.44 bits per heavy atom. The second kappa shape index (κ2) is 7.70. The minimum absolute atomic E-state index is 0.114. The zero-order valence-corrected chi connectivity index (χ0v) is 14.9. The van der Waals surface area contributed by atoms with Crippen molar-refractivity contribution in [3.8, 4) is 11.1 Å². The number of carbonyl (C=O) groups is 1. The van der Waals surface area contributed by atoms with Crippen LogP contribution in [0.15, 0.2) is 48.5 Å². The van der Waals surface area contributed by atoms with Crippen molar-refractivity contribution in [3.63, 3.8) is 0 Å². The molecule has 0 aromatic heterocycles. The van der Waals surface area contributed by atoms with Gasteiger partial charge in [0, 0.05) is 25.3 Å². The molecule has 0 spiro atoms. The van der Waals surface area contributed by atoms with E-state index in [4.69, 9.17) is 0 Å². The monoisotopic (exact) mass is 338 g/mol. The Bertz CT molecular complexity index is 742. The van der Waals surface area contributed by atoms with Gasteiger partial charge in [-0.2, -0.15) is 0 Å². The molecule has 1 aliphatic carbocycles. The van der Waals surface area contributed by atoms with Crippen LogP contribution in [0.4, 0.5) is 5.69 Å². The molecule has 0 bridgehead atoms. The van der Waals surface area contributed by atoms with Crippen LogP contribution in [0, 0.1) is 0 Å². The summed E-state index contributed by atoms with van der Waals surface area (Å²) < 4.78 is 0. The number of anilines is 1. The van der Waals surface area contributed by atoms with Crippen LogP contribution in [0.5, 0.6) is 0 Å². The lowest BCUT2D eigenvalue weighted by Crippen LogP contribution is -2.45. The highest BCUT2D eigenvalue weighted by Crippen LogP contribution is 2.25. The van der Waals surface area contributed by atoms with Crippen LogP contribution in [-0.4, -0.2) is 37.3 Å². The molecular formula is C21H26N2O2. The first-order chi connectivity index (χ1) is 12.0. The quantitative estimate of drug-likeness (QED) is 0.898. The number of aliphatic hydroxyl groups is 1. The minimum Gasteiger partial charge on any atom is -0.391 e. The standard InChI is InChI=1S/C21H26N2O2/c1-23(2)18-10-6-8-16(14-18)15-7-5-9-17(13-15)21(25)22-19-11-3-4-12-20(19)24/h5-10,13-14,19-20,24H,3-4,11-12H2,1-2H3,(H,22,25)/t19-,20-/m0/s1. The lowest BCUT2D eigenvalue weighted by atomic mass is 9.92. The van der Waals surface area contributed by atoms with Crippen molar-refractivity contribution >= 4 is 11.6 Å². The van der Waals surface area contributed by atoms with Crippen molar-refractivity contribution < 1.29 is 9.90 Å². The molecule has 0 unspecified atom stereocenters. The van der Waals surface area contributed by atoms with Crippen molar-refractivity contribution in [2.75, 3.05) is 19.0 Å². The van der Waals surface area contributed by atoms with Gasteiger partial charge in [-0.3, -0.25) is 4.79 Å². The Morgan fingerprint density at radius 1 is 1.04 bits per heavy atom. The maximum atomic E-state index is 12.6. The summed E-state index contributed by atoms with van der Waals surface area (Å²) in [6, 6.07) is 15.8. The predicted molar refractivity (Wildman–Crippen MR) is 102 cm³/mol. The fourth-order valence-corrected chi connectivity index (χ4v) is 3.34.